The summed E-state index contributed by atoms with van der Waals surface area (Å²) in [5.41, 5.74) is 1.39. The number of carboxylic acids is 1. The second-order valence-corrected chi connectivity index (χ2v) is 6.09. The average molecular weight is 380 g/mol. The number of nitrogens with one attached hydrogen (secondary N) is 1. The summed E-state index contributed by atoms with van der Waals surface area (Å²) < 4.78 is 5.31. The summed E-state index contributed by atoms with van der Waals surface area (Å²) in [7, 11) is 0. The lowest BCUT2D eigenvalue weighted by Crippen LogP contribution is -2.37. The quantitative estimate of drug-likeness (QED) is 0.779. The molecule has 8 heteroatoms. The van der Waals surface area contributed by atoms with Gasteiger partial charge in [0.15, 0.2) is 0 Å². The Morgan fingerprint density at radius 3 is 2.50 bits per heavy atom. The lowest BCUT2D eigenvalue weighted by atomic mass is 10.1. The zero-order valence-electron chi connectivity index (χ0n) is 15.4. The number of aromatic nitrogens is 2. The molecule has 1 aromatic carbocycles. The van der Waals surface area contributed by atoms with Gasteiger partial charge in [-0.15, -0.1) is 0 Å². The molecule has 2 heterocycles. The van der Waals surface area contributed by atoms with E-state index in [1.807, 2.05) is 4.90 Å². The third-order valence-electron chi connectivity index (χ3n) is 4.13. The maximum Gasteiger partial charge on any atom is 0.337 e. The van der Waals surface area contributed by atoms with E-state index in [9.17, 15) is 14.7 Å². The number of ether oxygens (including phenoxy) is 1. The van der Waals surface area contributed by atoms with Crippen LogP contribution < -0.4 is 10.2 Å². The van der Waals surface area contributed by atoms with E-state index in [4.69, 9.17) is 4.74 Å². The average Bonchev–Trinajstić information content (AvgIpc) is 2.73. The fourth-order valence-electron chi connectivity index (χ4n) is 2.60. The van der Waals surface area contributed by atoms with Crippen LogP contribution in [0.3, 0.4) is 0 Å². The normalized spacial score (nSPS) is 13.4. The Labute approximate surface area is 162 Å². The van der Waals surface area contributed by atoms with Gasteiger partial charge < -0.3 is 20.1 Å². The number of carbonyl (C=O) groups excluding carboxylic acids is 1. The summed E-state index contributed by atoms with van der Waals surface area (Å²) in [4.78, 5) is 33.7. The molecule has 144 valence electrons. The van der Waals surface area contributed by atoms with Crippen molar-refractivity contribution in [1.29, 1.82) is 0 Å². The molecule has 1 aliphatic rings. The van der Waals surface area contributed by atoms with Gasteiger partial charge in [-0.2, -0.15) is 0 Å². The van der Waals surface area contributed by atoms with Crippen LogP contribution in [0, 0.1) is 11.8 Å². The van der Waals surface area contributed by atoms with Gasteiger partial charge in [-0.25, -0.2) is 14.8 Å². The summed E-state index contributed by atoms with van der Waals surface area (Å²) >= 11 is 0. The number of hydrogen-bond acceptors (Lipinski definition) is 6. The van der Waals surface area contributed by atoms with Crippen LogP contribution >= 0.6 is 0 Å². The number of carbonyl (C=O) groups is 2. The molecule has 0 radical (unpaired) electrons. The first kappa shape index (κ1) is 19.3. The molecule has 1 fully saturated rings. The fourth-order valence-corrected chi connectivity index (χ4v) is 2.60. The second-order valence-electron chi connectivity index (χ2n) is 6.09. The van der Waals surface area contributed by atoms with Crippen molar-refractivity contribution in [2.24, 2.45) is 0 Å². The Hall–Kier alpha value is -3.44. The van der Waals surface area contributed by atoms with Crippen LogP contribution in [0.25, 0.3) is 0 Å². The second kappa shape index (κ2) is 8.97. The van der Waals surface area contributed by atoms with E-state index in [-0.39, 0.29) is 23.6 Å². The highest BCUT2D eigenvalue weighted by molar-refractivity contribution is 6.00. The molecule has 28 heavy (non-hydrogen) atoms. The SMILES string of the molecule is CCC(=O)Nc1ccc(C#Cc2cnc(N3CCOCC3)nc2)cc1C(=O)O. The largest absolute Gasteiger partial charge is 0.478 e. The molecular weight excluding hydrogens is 360 g/mol. The smallest absolute Gasteiger partial charge is 0.337 e. The topological polar surface area (TPSA) is 105 Å². The minimum Gasteiger partial charge on any atom is -0.478 e. The summed E-state index contributed by atoms with van der Waals surface area (Å²) in [5, 5.41) is 12.0. The van der Waals surface area contributed by atoms with Crippen molar-refractivity contribution >= 4 is 23.5 Å². The number of benzene rings is 1. The van der Waals surface area contributed by atoms with E-state index < -0.39 is 5.97 Å². The molecule has 0 aliphatic carbocycles. The molecule has 0 saturated carbocycles. The number of morpholine rings is 1. The summed E-state index contributed by atoms with van der Waals surface area (Å²) in [6, 6.07) is 4.64. The molecule has 0 unspecified atom stereocenters. The summed E-state index contributed by atoms with van der Waals surface area (Å²) in [6.07, 6.45) is 3.54. The number of aromatic carboxylic acids is 1. The lowest BCUT2D eigenvalue weighted by Gasteiger charge is -2.26. The van der Waals surface area contributed by atoms with E-state index in [1.54, 1.807) is 31.5 Å². The van der Waals surface area contributed by atoms with Gasteiger partial charge >= 0.3 is 5.97 Å². The van der Waals surface area contributed by atoms with Crippen molar-refractivity contribution in [1.82, 2.24) is 9.97 Å². The summed E-state index contributed by atoms with van der Waals surface area (Å²) in [6.45, 7) is 4.52. The highest BCUT2D eigenvalue weighted by atomic mass is 16.5. The third-order valence-corrected chi connectivity index (χ3v) is 4.13. The van der Waals surface area contributed by atoms with Crippen molar-refractivity contribution in [3.63, 3.8) is 0 Å². The molecule has 2 N–H and O–H groups in total. The van der Waals surface area contributed by atoms with Crippen LogP contribution in [-0.2, 0) is 9.53 Å². The molecule has 3 rings (SSSR count). The van der Waals surface area contributed by atoms with Gasteiger partial charge in [0.05, 0.1) is 30.0 Å². The van der Waals surface area contributed by atoms with Crippen molar-refractivity contribution in [2.75, 3.05) is 36.5 Å². The van der Waals surface area contributed by atoms with E-state index in [2.05, 4.69) is 27.1 Å². The van der Waals surface area contributed by atoms with Crippen molar-refractivity contribution in [3.8, 4) is 11.8 Å². The molecule has 1 aliphatic heterocycles. The van der Waals surface area contributed by atoms with Crippen LogP contribution in [0.5, 0.6) is 0 Å². The van der Waals surface area contributed by atoms with E-state index in [0.29, 0.717) is 30.3 Å². The Morgan fingerprint density at radius 2 is 1.86 bits per heavy atom. The van der Waals surface area contributed by atoms with Crippen LogP contribution in [0.2, 0.25) is 0 Å². The van der Waals surface area contributed by atoms with Gasteiger partial charge in [0.2, 0.25) is 11.9 Å². The number of nitrogens with zero attached hydrogens (tertiary/aromatic N) is 3. The van der Waals surface area contributed by atoms with Gasteiger partial charge in [0, 0.05) is 37.5 Å². The number of amides is 1. The van der Waals surface area contributed by atoms with Gasteiger partial charge in [-0.1, -0.05) is 18.8 Å². The van der Waals surface area contributed by atoms with Crippen molar-refractivity contribution in [3.05, 3.63) is 47.3 Å². The van der Waals surface area contributed by atoms with Crippen LogP contribution in [-0.4, -0.2) is 53.3 Å². The predicted molar refractivity (Wildman–Crippen MR) is 103 cm³/mol. The van der Waals surface area contributed by atoms with E-state index in [1.165, 1.54) is 6.07 Å². The minimum atomic E-state index is -1.13. The Kier molecular flexibility index (Phi) is 6.19. The predicted octanol–water partition coefficient (Wildman–Crippen LogP) is 1.76. The molecule has 2 aromatic rings. The number of rotatable bonds is 4. The standard InChI is InChI=1S/C20H20N4O4/c1-2-18(25)23-17-6-5-14(11-16(17)19(26)27)3-4-15-12-21-20(22-13-15)24-7-9-28-10-8-24/h5-6,11-13H,2,7-10H2,1H3,(H,23,25)(H,26,27). The zero-order chi connectivity index (χ0) is 19.9. The molecule has 1 saturated heterocycles. The van der Waals surface area contributed by atoms with Gasteiger partial charge in [-0.05, 0) is 18.2 Å². The van der Waals surface area contributed by atoms with Gasteiger partial charge in [0.25, 0.3) is 0 Å². The minimum absolute atomic E-state index is 0.00693. The Morgan fingerprint density at radius 1 is 1.18 bits per heavy atom. The first-order valence-electron chi connectivity index (χ1n) is 8.90. The highest BCUT2D eigenvalue weighted by Crippen LogP contribution is 2.18. The Bertz CT molecular complexity index is 925. The number of hydrogen-bond donors (Lipinski definition) is 2. The Balaban J connectivity index is 1.76. The molecule has 0 bridgehead atoms. The zero-order valence-corrected chi connectivity index (χ0v) is 15.4. The summed E-state index contributed by atoms with van der Waals surface area (Å²) in [5.74, 6) is 5.09. The molecule has 0 atom stereocenters. The monoisotopic (exact) mass is 380 g/mol. The molecule has 8 nitrogen and oxygen atoms in total. The molecule has 1 aromatic heterocycles. The maximum atomic E-state index is 11.5. The van der Waals surface area contributed by atoms with Crippen molar-refractivity contribution < 1.29 is 19.4 Å². The third kappa shape index (κ3) is 4.84. The maximum absolute atomic E-state index is 11.5. The molecule has 0 spiro atoms. The van der Waals surface area contributed by atoms with Crippen LogP contribution in [0.15, 0.2) is 30.6 Å². The molecule has 1 amide bonds. The van der Waals surface area contributed by atoms with Gasteiger partial charge in [0.1, 0.15) is 0 Å². The van der Waals surface area contributed by atoms with Crippen molar-refractivity contribution in [2.45, 2.75) is 13.3 Å². The number of carboxylic acid groups (broad SMARTS) is 1. The lowest BCUT2D eigenvalue weighted by molar-refractivity contribution is -0.115. The van der Waals surface area contributed by atoms with Crippen LogP contribution in [0.4, 0.5) is 11.6 Å². The molecular formula is C20H20N4O4. The van der Waals surface area contributed by atoms with E-state index in [0.717, 1.165) is 13.1 Å². The highest BCUT2D eigenvalue weighted by Gasteiger charge is 2.14. The first-order valence-corrected chi connectivity index (χ1v) is 8.90. The first-order chi connectivity index (χ1) is 13.6. The van der Waals surface area contributed by atoms with Gasteiger partial charge in [-0.3, -0.25) is 4.79 Å². The van der Waals surface area contributed by atoms with E-state index >= 15 is 0 Å². The van der Waals surface area contributed by atoms with Crippen LogP contribution in [0.1, 0.15) is 34.8 Å². The number of anilines is 2. The fraction of sp³-hybridized carbons (Fsp3) is 0.300.